The van der Waals surface area contributed by atoms with Gasteiger partial charge >= 0.3 is 6.18 Å². The molecule has 37 heavy (non-hydrogen) atoms. The molecule has 0 aliphatic carbocycles. The summed E-state index contributed by atoms with van der Waals surface area (Å²) in [6.07, 6.45) is -4.77. The molecule has 1 amide bonds. The first kappa shape index (κ1) is 27.9. The first-order valence-corrected chi connectivity index (χ1v) is 12.7. The number of nitrogens with zero attached hydrogens (tertiary/aromatic N) is 1. The minimum atomic E-state index is -4.69. The highest BCUT2D eigenvalue weighted by Crippen LogP contribution is 2.33. The van der Waals surface area contributed by atoms with E-state index in [1.54, 1.807) is 24.3 Å². The van der Waals surface area contributed by atoms with Crippen molar-refractivity contribution in [2.45, 2.75) is 37.6 Å². The number of nitrogens with one attached hydrogen (secondary N) is 1. The molecule has 0 aliphatic rings. The first-order valence-electron chi connectivity index (χ1n) is 11.3. The number of hydrogen-bond acceptors (Lipinski definition) is 5. The molecular formula is C26H27F3N2O5S. The van der Waals surface area contributed by atoms with Crippen LogP contribution in [0.2, 0.25) is 0 Å². The van der Waals surface area contributed by atoms with Crippen molar-refractivity contribution < 1.29 is 35.9 Å². The van der Waals surface area contributed by atoms with Gasteiger partial charge in [0.15, 0.2) is 11.5 Å². The minimum absolute atomic E-state index is 0.0268. The molecule has 0 bridgehead atoms. The number of sulfonamides is 1. The molecule has 0 aromatic heterocycles. The molecule has 11 heteroatoms. The average Bonchev–Trinajstić information content (AvgIpc) is 2.86. The normalized spacial score (nSPS) is 11.8. The lowest BCUT2D eigenvalue weighted by Crippen LogP contribution is -2.40. The minimum Gasteiger partial charge on any atom is -0.493 e. The number of anilines is 1. The van der Waals surface area contributed by atoms with Gasteiger partial charge in [-0.05, 0) is 61.9 Å². The maximum atomic E-state index is 13.3. The van der Waals surface area contributed by atoms with Crippen LogP contribution in [0.4, 0.5) is 18.9 Å². The highest BCUT2D eigenvalue weighted by molar-refractivity contribution is 7.92. The van der Waals surface area contributed by atoms with Crippen molar-refractivity contribution in [2.75, 3.05) is 18.0 Å². The number of alkyl halides is 3. The lowest BCUT2D eigenvalue weighted by Gasteiger charge is -2.25. The molecule has 0 saturated heterocycles. The van der Waals surface area contributed by atoms with Crippen molar-refractivity contribution in [3.05, 3.63) is 83.9 Å². The monoisotopic (exact) mass is 536 g/mol. The Morgan fingerprint density at radius 2 is 1.68 bits per heavy atom. The van der Waals surface area contributed by atoms with Crippen LogP contribution in [0, 0.1) is 0 Å². The molecule has 0 saturated carbocycles. The summed E-state index contributed by atoms with van der Waals surface area (Å²) in [5.74, 6) is 0.272. The Bertz CT molecular complexity index is 1330. The van der Waals surface area contributed by atoms with Gasteiger partial charge in [0, 0.05) is 6.54 Å². The van der Waals surface area contributed by atoms with Gasteiger partial charge in [0.1, 0.15) is 6.54 Å². The first-order chi connectivity index (χ1) is 17.4. The van der Waals surface area contributed by atoms with Crippen LogP contribution in [0.1, 0.15) is 25.0 Å². The van der Waals surface area contributed by atoms with Crippen molar-refractivity contribution in [2.24, 2.45) is 0 Å². The van der Waals surface area contributed by atoms with E-state index in [0.29, 0.717) is 27.4 Å². The van der Waals surface area contributed by atoms with E-state index in [-0.39, 0.29) is 23.2 Å². The van der Waals surface area contributed by atoms with Crippen LogP contribution < -0.4 is 19.1 Å². The summed E-state index contributed by atoms with van der Waals surface area (Å²) in [5, 5.41) is 2.62. The van der Waals surface area contributed by atoms with E-state index in [1.165, 1.54) is 37.4 Å². The molecule has 0 spiro atoms. The predicted octanol–water partition coefficient (Wildman–Crippen LogP) is 5.01. The van der Waals surface area contributed by atoms with Gasteiger partial charge in [0.25, 0.3) is 10.0 Å². The molecule has 0 unspecified atom stereocenters. The summed E-state index contributed by atoms with van der Waals surface area (Å²) in [6, 6.07) is 16.1. The molecule has 0 fully saturated rings. The van der Waals surface area contributed by atoms with E-state index in [0.717, 1.165) is 12.1 Å². The largest absolute Gasteiger partial charge is 0.493 e. The number of amides is 1. The third-order valence-electron chi connectivity index (χ3n) is 5.16. The Hall–Kier alpha value is -3.73. The van der Waals surface area contributed by atoms with E-state index in [2.05, 4.69) is 5.32 Å². The van der Waals surface area contributed by atoms with Crippen LogP contribution in [0.5, 0.6) is 11.5 Å². The van der Waals surface area contributed by atoms with Crippen LogP contribution in [0.25, 0.3) is 0 Å². The number of halogens is 3. The van der Waals surface area contributed by atoms with Gasteiger partial charge in [-0.15, -0.1) is 0 Å². The Labute approximate surface area is 213 Å². The SMILES string of the molecule is COc1cc(CNC(=O)CN(c2cccc(C(F)(F)F)c2)S(=O)(=O)c2ccccc2)ccc1OC(C)C. The van der Waals surface area contributed by atoms with Crippen LogP contribution in [-0.2, 0) is 27.5 Å². The Balaban J connectivity index is 1.86. The summed E-state index contributed by atoms with van der Waals surface area (Å²) in [4.78, 5) is 12.7. The van der Waals surface area contributed by atoms with Crippen molar-refractivity contribution in [1.82, 2.24) is 5.32 Å². The molecular weight excluding hydrogens is 509 g/mol. The van der Waals surface area contributed by atoms with Crippen LogP contribution >= 0.6 is 0 Å². The van der Waals surface area contributed by atoms with Crippen LogP contribution in [0.3, 0.4) is 0 Å². The molecule has 7 nitrogen and oxygen atoms in total. The number of hydrogen-bond donors (Lipinski definition) is 1. The fraction of sp³-hybridized carbons (Fsp3) is 0.269. The molecule has 1 N–H and O–H groups in total. The number of methoxy groups -OCH3 is 1. The lowest BCUT2D eigenvalue weighted by atomic mass is 10.2. The summed E-state index contributed by atoms with van der Waals surface area (Å²) in [5.41, 5.74) is -0.669. The third-order valence-corrected chi connectivity index (χ3v) is 6.95. The molecule has 0 heterocycles. The zero-order chi connectivity index (χ0) is 27.2. The Morgan fingerprint density at radius 1 is 0.973 bits per heavy atom. The molecule has 3 rings (SSSR count). The number of ether oxygens (including phenoxy) is 2. The quantitative estimate of drug-likeness (QED) is 0.394. The topological polar surface area (TPSA) is 84.9 Å². The molecule has 198 valence electrons. The Morgan fingerprint density at radius 3 is 2.30 bits per heavy atom. The standard InChI is InChI=1S/C26H27F3N2O5S/c1-18(2)36-23-13-12-19(14-24(23)35-3)16-30-25(32)17-31(37(33,34)22-10-5-4-6-11-22)21-9-7-8-20(15-21)26(27,28)29/h4-15,18H,16-17H2,1-3H3,(H,30,32). The lowest BCUT2D eigenvalue weighted by molar-refractivity contribution is -0.137. The van der Waals surface area contributed by atoms with E-state index >= 15 is 0 Å². The molecule has 3 aromatic rings. The van der Waals surface area contributed by atoms with Crippen LogP contribution in [0.15, 0.2) is 77.7 Å². The maximum Gasteiger partial charge on any atom is 0.416 e. The molecule has 3 aromatic carbocycles. The van der Waals surface area contributed by atoms with Gasteiger partial charge in [-0.25, -0.2) is 8.42 Å². The van der Waals surface area contributed by atoms with Gasteiger partial charge in [-0.3, -0.25) is 9.10 Å². The van der Waals surface area contributed by atoms with Gasteiger partial charge in [-0.2, -0.15) is 13.2 Å². The van der Waals surface area contributed by atoms with Gasteiger partial charge in [0.05, 0.1) is 29.4 Å². The van der Waals surface area contributed by atoms with Gasteiger partial charge in [0.2, 0.25) is 5.91 Å². The van der Waals surface area contributed by atoms with Crippen LogP contribution in [-0.4, -0.2) is 34.1 Å². The number of benzene rings is 3. The summed E-state index contributed by atoms with van der Waals surface area (Å²) >= 11 is 0. The van der Waals surface area contributed by atoms with Crippen molar-refractivity contribution in [1.29, 1.82) is 0 Å². The zero-order valence-corrected chi connectivity index (χ0v) is 21.3. The molecule has 0 atom stereocenters. The number of carbonyl (C=O) groups is 1. The fourth-order valence-corrected chi connectivity index (χ4v) is 4.87. The zero-order valence-electron chi connectivity index (χ0n) is 20.5. The number of rotatable bonds is 10. The van der Waals surface area contributed by atoms with E-state index in [4.69, 9.17) is 9.47 Å². The van der Waals surface area contributed by atoms with E-state index in [9.17, 15) is 26.4 Å². The summed E-state index contributed by atoms with van der Waals surface area (Å²) in [7, 11) is -2.88. The Kier molecular flexibility index (Phi) is 8.69. The number of carbonyl (C=O) groups excluding carboxylic acids is 1. The van der Waals surface area contributed by atoms with Crippen molar-refractivity contribution in [3.63, 3.8) is 0 Å². The predicted molar refractivity (Wildman–Crippen MR) is 133 cm³/mol. The van der Waals surface area contributed by atoms with E-state index < -0.39 is 34.2 Å². The average molecular weight is 537 g/mol. The van der Waals surface area contributed by atoms with Gasteiger partial charge < -0.3 is 14.8 Å². The molecule has 0 aliphatic heterocycles. The third kappa shape index (κ3) is 7.16. The second-order valence-electron chi connectivity index (χ2n) is 8.30. The second-order valence-corrected chi connectivity index (χ2v) is 10.2. The maximum absolute atomic E-state index is 13.3. The highest BCUT2D eigenvalue weighted by atomic mass is 32.2. The summed E-state index contributed by atoms with van der Waals surface area (Å²) in [6.45, 7) is 3.03. The van der Waals surface area contributed by atoms with Crippen molar-refractivity contribution in [3.8, 4) is 11.5 Å². The molecule has 0 radical (unpaired) electrons. The van der Waals surface area contributed by atoms with Crippen molar-refractivity contribution >= 4 is 21.6 Å². The summed E-state index contributed by atoms with van der Waals surface area (Å²) < 4.78 is 78.3. The second kappa shape index (κ2) is 11.5. The van der Waals surface area contributed by atoms with E-state index in [1.807, 2.05) is 13.8 Å². The highest BCUT2D eigenvalue weighted by Gasteiger charge is 2.33. The van der Waals surface area contributed by atoms with Gasteiger partial charge in [-0.1, -0.05) is 30.3 Å². The smallest absolute Gasteiger partial charge is 0.416 e. The fourth-order valence-electron chi connectivity index (χ4n) is 3.43.